The van der Waals surface area contributed by atoms with Crippen LogP contribution >= 0.6 is 0 Å². The molecule has 0 saturated heterocycles. The summed E-state index contributed by atoms with van der Waals surface area (Å²) >= 11 is 0. The molecule has 1 N–H and O–H groups in total. The van der Waals surface area contributed by atoms with Crippen molar-refractivity contribution in [3.8, 4) is 0 Å². The molecule has 0 amide bonds. The molecule has 18 heavy (non-hydrogen) atoms. The standard InChI is InChI=1S/C11H9F3O4/c12-11(13,14)10(17)18-8(9(15)16)6-7-4-2-1-3-5-7/h1-5,8H,6H2,(H,15,16). The normalized spacial score (nSPS) is 12.8. The van der Waals surface area contributed by atoms with Crippen molar-refractivity contribution in [1.29, 1.82) is 0 Å². The van der Waals surface area contributed by atoms with Gasteiger partial charge in [0, 0.05) is 6.42 Å². The van der Waals surface area contributed by atoms with E-state index < -0.39 is 24.2 Å². The quantitative estimate of drug-likeness (QED) is 0.840. The molecule has 0 aliphatic rings. The molecule has 0 saturated carbocycles. The molecule has 0 spiro atoms. The lowest BCUT2D eigenvalue weighted by atomic mass is 10.1. The topological polar surface area (TPSA) is 63.6 Å². The molecular weight excluding hydrogens is 253 g/mol. The lowest BCUT2D eigenvalue weighted by molar-refractivity contribution is -0.207. The van der Waals surface area contributed by atoms with Crippen molar-refractivity contribution < 1.29 is 32.6 Å². The zero-order chi connectivity index (χ0) is 13.8. The maximum absolute atomic E-state index is 11.9. The zero-order valence-corrected chi connectivity index (χ0v) is 8.98. The molecule has 1 rings (SSSR count). The Labute approximate surface area is 100.0 Å². The van der Waals surface area contributed by atoms with Gasteiger partial charge in [-0.25, -0.2) is 9.59 Å². The molecule has 0 radical (unpaired) electrons. The zero-order valence-electron chi connectivity index (χ0n) is 8.98. The summed E-state index contributed by atoms with van der Waals surface area (Å²) in [6.45, 7) is 0. The highest BCUT2D eigenvalue weighted by Gasteiger charge is 2.43. The second kappa shape index (κ2) is 5.52. The summed E-state index contributed by atoms with van der Waals surface area (Å²) in [5, 5.41) is 8.70. The van der Waals surface area contributed by atoms with Gasteiger partial charge in [0.05, 0.1) is 0 Å². The summed E-state index contributed by atoms with van der Waals surface area (Å²) in [4.78, 5) is 21.3. The minimum Gasteiger partial charge on any atom is -0.478 e. The molecule has 1 unspecified atom stereocenters. The monoisotopic (exact) mass is 262 g/mol. The van der Waals surface area contributed by atoms with Crippen molar-refractivity contribution in [3.63, 3.8) is 0 Å². The van der Waals surface area contributed by atoms with Gasteiger partial charge in [-0.15, -0.1) is 0 Å². The average molecular weight is 262 g/mol. The van der Waals surface area contributed by atoms with Gasteiger partial charge >= 0.3 is 18.1 Å². The Morgan fingerprint density at radius 3 is 2.22 bits per heavy atom. The molecule has 0 aliphatic carbocycles. The van der Waals surface area contributed by atoms with E-state index in [1.807, 2.05) is 0 Å². The van der Waals surface area contributed by atoms with E-state index in [4.69, 9.17) is 5.11 Å². The molecule has 0 aliphatic heterocycles. The smallest absolute Gasteiger partial charge is 0.478 e. The molecule has 0 aromatic heterocycles. The number of carboxylic acids is 1. The van der Waals surface area contributed by atoms with E-state index in [0.29, 0.717) is 5.56 Å². The van der Waals surface area contributed by atoms with Crippen molar-refractivity contribution in [2.75, 3.05) is 0 Å². The predicted octanol–water partition coefficient (Wildman–Crippen LogP) is 1.79. The molecule has 98 valence electrons. The highest BCUT2D eigenvalue weighted by atomic mass is 19.4. The molecule has 7 heteroatoms. The van der Waals surface area contributed by atoms with Crippen LogP contribution in [0, 0.1) is 0 Å². The Morgan fingerprint density at radius 1 is 1.22 bits per heavy atom. The molecular formula is C11H9F3O4. The number of hydrogen-bond acceptors (Lipinski definition) is 3. The van der Waals surface area contributed by atoms with Gasteiger partial charge in [0.2, 0.25) is 6.10 Å². The molecule has 1 aromatic rings. The van der Waals surface area contributed by atoms with E-state index in [9.17, 15) is 22.8 Å². The van der Waals surface area contributed by atoms with Crippen molar-refractivity contribution in [2.45, 2.75) is 18.7 Å². The van der Waals surface area contributed by atoms with Gasteiger partial charge in [-0.2, -0.15) is 13.2 Å². The SMILES string of the molecule is O=C(O)C(Cc1ccccc1)OC(=O)C(F)(F)F. The van der Waals surface area contributed by atoms with Gasteiger partial charge < -0.3 is 9.84 Å². The predicted molar refractivity (Wildman–Crippen MR) is 53.7 cm³/mol. The summed E-state index contributed by atoms with van der Waals surface area (Å²) < 4.78 is 39.7. The van der Waals surface area contributed by atoms with E-state index >= 15 is 0 Å². The van der Waals surface area contributed by atoms with Crippen LogP contribution in [0.2, 0.25) is 0 Å². The number of alkyl halides is 3. The fourth-order valence-corrected chi connectivity index (χ4v) is 1.20. The number of esters is 1. The first-order valence-corrected chi connectivity index (χ1v) is 4.85. The van der Waals surface area contributed by atoms with Crippen molar-refractivity contribution in [2.24, 2.45) is 0 Å². The van der Waals surface area contributed by atoms with E-state index in [1.54, 1.807) is 18.2 Å². The van der Waals surface area contributed by atoms with Gasteiger partial charge in [-0.1, -0.05) is 30.3 Å². The summed E-state index contributed by atoms with van der Waals surface area (Å²) in [5.41, 5.74) is 0.458. The molecule has 0 heterocycles. The van der Waals surface area contributed by atoms with Crippen LogP contribution in [-0.2, 0) is 20.7 Å². The second-order valence-electron chi connectivity index (χ2n) is 3.42. The van der Waals surface area contributed by atoms with Gasteiger partial charge in [-0.3, -0.25) is 0 Å². The van der Waals surface area contributed by atoms with Gasteiger partial charge in [0.1, 0.15) is 0 Å². The van der Waals surface area contributed by atoms with Crippen molar-refractivity contribution in [1.82, 2.24) is 0 Å². The Kier molecular flexibility index (Phi) is 4.30. The number of benzene rings is 1. The lowest BCUT2D eigenvalue weighted by Crippen LogP contribution is -2.35. The van der Waals surface area contributed by atoms with Crippen LogP contribution in [0.25, 0.3) is 0 Å². The molecule has 4 nitrogen and oxygen atoms in total. The highest BCUT2D eigenvalue weighted by molar-refractivity contribution is 5.81. The largest absolute Gasteiger partial charge is 0.490 e. The van der Waals surface area contributed by atoms with Crippen LogP contribution < -0.4 is 0 Å². The number of rotatable bonds is 4. The minimum atomic E-state index is -5.20. The van der Waals surface area contributed by atoms with Gasteiger partial charge in [0.25, 0.3) is 0 Å². The van der Waals surface area contributed by atoms with Crippen LogP contribution in [0.1, 0.15) is 5.56 Å². The van der Waals surface area contributed by atoms with Crippen LogP contribution in [-0.4, -0.2) is 29.3 Å². The summed E-state index contributed by atoms with van der Waals surface area (Å²) in [6.07, 6.45) is -7.39. The Bertz CT molecular complexity index is 428. The van der Waals surface area contributed by atoms with Crippen LogP contribution in [0.15, 0.2) is 30.3 Å². The Balaban J connectivity index is 2.73. The van der Waals surface area contributed by atoms with Gasteiger partial charge in [0.15, 0.2) is 0 Å². The summed E-state index contributed by atoms with van der Waals surface area (Å²) in [6, 6.07) is 7.91. The first kappa shape index (κ1) is 14.0. The maximum atomic E-state index is 11.9. The number of carboxylic acid groups (broad SMARTS) is 1. The molecule has 0 fully saturated rings. The first-order chi connectivity index (χ1) is 8.30. The lowest BCUT2D eigenvalue weighted by Gasteiger charge is -2.14. The second-order valence-corrected chi connectivity index (χ2v) is 3.42. The number of halogens is 3. The van der Waals surface area contributed by atoms with Crippen LogP contribution in [0.3, 0.4) is 0 Å². The van der Waals surface area contributed by atoms with Crippen LogP contribution in [0.5, 0.6) is 0 Å². The van der Waals surface area contributed by atoms with E-state index in [-0.39, 0.29) is 6.42 Å². The van der Waals surface area contributed by atoms with Crippen molar-refractivity contribution >= 4 is 11.9 Å². The highest BCUT2D eigenvalue weighted by Crippen LogP contribution is 2.18. The number of hydrogen-bond donors (Lipinski definition) is 1. The third-order valence-corrected chi connectivity index (χ3v) is 2.02. The Morgan fingerprint density at radius 2 is 1.78 bits per heavy atom. The molecule has 1 aromatic carbocycles. The number of carbonyl (C=O) groups excluding carboxylic acids is 1. The summed E-state index contributed by atoms with van der Waals surface area (Å²) in [7, 11) is 0. The molecule has 1 atom stereocenters. The van der Waals surface area contributed by atoms with E-state index in [2.05, 4.69) is 4.74 Å². The van der Waals surface area contributed by atoms with E-state index in [1.165, 1.54) is 12.1 Å². The van der Waals surface area contributed by atoms with Gasteiger partial charge in [-0.05, 0) is 5.56 Å². The number of ether oxygens (including phenoxy) is 1. The van der Waals surface area contributed by atoms with E-state index in [0.717, 1.165) is 0 Å². The fourth-order valence-electron chi connectivity index (χ4n) is 1.20. The Hall–Kier alpha value is -2.05. The average Bonchev–Trinajstić information content (AvgIpc) is 2.28. The summed E-state index contributed by atoms with van der Waals surface area (Å²) in [5.74, 6) is -4.14. The number of carbonyl (C=O) groups is 2. The minimum absolute atomic E-state index is 0.321. The van der Waals surface area contributed by atoms with Crippen LogP contribution in [0.4, 0.5) is 13.2 Å². The maximum Gasteiger partial charge on any atom is 0.490 e. The first-order valence-electron chi connectivity index (χ1n) is 4.85. The fraction of sp³-hybridized carbons (Fsp3) is 0.273. The van der Waals surface area contributed by atoms with Crippen molar-refractivity contribution in [3.05, 3.63) is 35.9 Å². The third-order valence-electron chi connectivity index (χ3n) is 2.02. The number of aliphatic carboxylic acids is 1. The molecule has 0 bridgehead atoms. The third kappa shape index (κ3) is 4.08.